The van der Waals surface area contributed by atoms with E-state index in [2.05, 4.69) is 5.32 Å². The minimum absolute atomic E-state index is 0.250. The number of carbonyl (C=O) groups excluding carboxylic acids is 1. The Morgan fingerprint density at radius 2 is 1.85 bits per heavy atom. The average molecular weight is 271 g/mol. The Morgan fingerprint density at radius 3 is 2.50 bits per heavy atom. The van der Waals surface area contributed by atoms with Crippen LogP contribution >= 0.6 is 0 Å². The number of anilines is 2. The van der Waals surface area contributed by atoms with Gasteiger partial charge in [-0.3, -0.25) is 4.79 Å². The van der Waals surface area contributed by atoms with Crippen molar-refractivity contribution in [2.24, 2.45) is 5.73 Å². The van der Waals surface area contributed by atoms with E-state index in [4.69, 9.17) is 11.5 Å². The molecule has 5 heteroatoms. The fourth-order valence-electron chi connectivity index (χ4n) is 1.94. The van der Waals surface area contributed by atoms with Crippen LogP contribution in [0.2, 0.25) is 0 Å². The number of rotatable bonds is 5. The molecule has 0 spiro atoms. The normalized spacial score (nSPS) is 10.2. The Labute approximate surface area is 117 Å². The van der Waals surface area contributed by atoms with Crippen LogP contribution in [0.3, 0.4) is 0 Å². The van der Waals surface area contributed by atoms with Crippen LogP contribution in [0.5, 0.6) is 5.75 Å². The number of benzene rings is 2. The second-order valence-corrected chi connectivity index (χ2v) is 4.47. The highest BCUT2D eigenvalue weighted by Crippen LogP contribution is 2.22. The molecule has 0 aliphatic heterocycles. The Bertz CT molecular complexity index is 609. The lowest BCUT2D eigenvalue weighted by Crippen LogP contribution is -2.15. The van der Waals surface area contributed by atoms with Gasteiger partial charge in [0.05, 0.1) is 16.9 Å². The second kappa shape index (κ2) is 5.97. The molecule has 1 amide bonds. The lowest BCUT2D eigenvalue weighted by molar-refractivity contribution is 0.100. The summed E-state index contributed by atoms with van der Waals surface area (Å²) in [5.74, 6) is -0.287. The summed E-state index contributed by atoms with van der Waals surface area (Å²) in [6.45, 7) is 0.664. The summed E-state index contributed by atoms with van der Waals surface area (Å²) in [5.41, 5.74) is 13.6. The second-order valence-electron chi connectivity index (χ2n) is 4.47. The van der Waals surface area contributed by atoms with Gasteiger partial charge in [0, 0.05) is 6.54 Å². The van der Waals surface area contributed by atoms with E-state index in [0.29, 0.717) is 23.5 Å². The van der Waals surface area contributed by atoms with Gasteiger partial charge in [-0.25, -0.2) is 0 Å². The molecule has 104 valence electrons. The Morgan fingerprint density at radius 1 is 1.15 bits per heavy atom. The van der Waals surface area contributed by atoms with Crippen molar-refractivity contribution in [3.63, 3.8) is 0 Å². The van der Waals surface area contributed by atoms with Crippen molar-refractivity contribution in [3.8, 4) is 5.75 Å². The molecule has 2 aromatic carbocycles. The van der Waals surface area contributed by atoms with E-state index in [9.17, 15) is 9.90 Å². The summed E-state index contributed by atoms with van der Waals surface area (Å²) in [7, 11) is 0. The highest BCUT2D eigenvalue weighted by Gasteiger charge is 2.08. The quantitative estimate of drug-likeness (QED) is 0.622. The smallest absolute Gasteiger partial charge is 0.250 e. The highest BCUT2D eigenvalue weighted by atomic mass is 16.3. The molecule has 2 rings (SSSR count). The molecule has 6 N–H and O–H groups in total. The van der Waals surface area contributed by atoms with Crippen LogP contribution in [0, 0.1) is 0 Å². The summed E-state index contributed by atoms with van der Waals surface area (Å²) in [4.78, 5) is 11.2. The number of nitrogens with two attached hydrogens (primary N) is 2. The standard InChI is InChI=1S/C15H17N3O2/c16-14-12(15(17)20)2-1-3-13(14)18-9-8-10-4-6-11(19)7-5-10/h1-7,18-19H,8-9,16H2,(H2,17,20). The molecule has 0 aliphatic carbocycles. The van der Waals surface area contributed by atoms with Crippen molar-refractivity contribution in [3.05, 3.63) is 53.6 Å². The summed E-state index contributed by atoms with van der Waals surface area (Å²) in [5, 5.41) is 12.4. The number of hydrogen-bond acceptors (Lipinski definition) is 4. The first-order valence-corrected chi connectivity index (χ1v) is 6.28. The largest absolute Gasteiger partial charge is 0.508 e. The van der Waals surface area contributed by atoms with E-state index in [0.717, 1.165) is 12.0 Å². The zero-order valence-electron chi connectivity index (χ0n) is 11.0. The molecule has 0 aliphatic rings. The zero-order chi connectivity index (χ0) is 14.5. The number of aromatic hydroxyl groups is 1. The molecule has 0 unspecified atom stereocenters. The summed E-state index contributed by atoms with van der Waals surface area (Å²) >= 11 is 0. The number of hydrogen-bond donors (Lipinski definition) is 4. The van der Waals surface area contributed by atoms with Crippen LogP contribution in [0.15, 0.2) is 42.5 Å². The van der Waals surface area contributed by atoms with Crippen molar-refractivity contribution in [1.82, 2.24) is 0 Å². The molecule has 0 aromatic heterocycles. The molecule has 0 radical (unpaired) electrons. The third-order valence-corrected chi connectivity index (χ3v) is 3.04. The molecular weight excluding hydrogens is 254 g/mol. The first-order valence-electron chi connectivity index (χ1n) is 6.28. The molecule has 0 saturated carbocycles. The fourth-order valence-corrected chi connectivity index (χ4v) is 1.94. The lowest BCUT2D eigenvalue weighted by atomic mass is 10.1. The van der Waals surface area contributed by atoms with Gasteiger partial charge in [-0.15, -0.1) is 0 Å². The maximum atomic E-state index is 11.2. The van der Waals surface area contributed by atoms with Crippen LogP contribution in [0.25, 0.3) is 0 Å². The minimum Gasteiger partial charge on any atom is -0.508 e. The number of phenols is 1. The topological polar surface area (TPSA) is 101 Å². The van der Waals surface area contributed by atoms with Crippen LogP contribution in [0.1, 0.15) is 15.9 Å². The van der Waals surface area contributed by atoms with Crippen molar-refractivity contribution in [2.45, 2.75) is 6.42 Å². The highest BCUT2D eigenvalue weighted by molar-refractivity contribution is 6.00. The van der Waals surface area contributed by atoms with Crippen molar-refractivity contribution < 1.29 is 9.90 Å². The van der Waals surface area contributed by atoms with E-state index in [1.54, 1.807) is 30.3 Å². The third kappa shape index (κ3) is 3.20. The first kappa shape index (κ1) is 13.7. The molecule has 2 aromatic rings. The van der Waals surface area contributed by atoms with Gasteiger partial charge in [0.15, 0.2) is 0 Å². The Hall–Kier alpha value is -2.69. The summed E-state index contributed by atoms with van der Waals surface area (Å²) in [6.07, 6.45) is 0.778. The fraction of sp³-hybridized carbons (Fsp3) is 0.133. The SMILES string of the molecule is NC(=O)c1cccc(NCCc2ccc(O)cc2)c1N. The van der Waals surface area contributed by atoms with Gasteiger partial charge in [-0.1, -0.05) is 18.2 Å². The first-order chi connectivity index (χ1) is 9.58. The summed E-state index contributed by atoms with van der Waals surface area (Å²) < 4.78 is 0. The van der Waals surface area contributed by atoms with E-state index < -0.39 is 5.91 Å². The van der Waals surface area contributed by atoms with E-state index >= 15 is 0 Å². The molecule has 0 saturated heterocycles. The van der Waals surface area contributed by atoms with Crippen LogP contribution in [-0.4, -0.2) is 17.6 Å². The molecule has 20 heavy (non-hydrogen) atoms. The molecule has 0 heterocycles. The number of phenolic OH excluding ortho intramolecular Hbond substituents is 1. The average Bonchev–Trinajstić information content (AvgIpc) is 2.42. The van der Waals surface area contributed by atoms with Gasteiger partial charge in [-0.2, -0.15) is 0 Å². The van der Waals surface area contributed by atoms with Crippen LogP contribution < -0.4 is 16.8 Å². The molecule has 5 nitrogen and oxygen atoms in total. The maximum Gasteiger partial charge on any atom is 0.250 e. The number of carbonyl (C=O) groups is 1. The Balaban J connectivity index is 1.99. The predicted octanol–water partition coefficient (Wildman–Crippen LogP) is 1.73. The van der Waals surface area contributed by atoms with Crippen LogP contribution in [0.4, 0.5) is 11.4 Å². The van der Waals surface area contributed by atoms with Crippen LogP contribution in [-0.2, 0) is 6.42 Å². The molecular formula is C15H17N3O2. The maximum absolute atomic E-state index is 11.2. The minimum atomic E-state index is -0.537. The van der Waals surface area contributed by atoms with Crippen molar-refractivity contribution >= 4 is 17.3 Å². The monoisotopic (exact) mass is 271 g/mol. The van der Waals surface area contributed by atoms with E-state index in [1.807, 2.05) is 12.1 Å². The lowest BCUT2D eigenvalue weighted by Gasteiger charge is -2.11. The number of primary amides is 1. The van der Waals surface area contributed by atoms with E-state index in [-0.39, 0.29) is 5.75 Å². The van der Waals surface area contributed by atoms with Gasteiger partial charge >= 0.3 is 0 Å². The number of para-hydroxylation sites is 1. The zero-order valence-corrected chi connectivity index (χ0v) is 11.0. The van der Waals surface area contributed by atoms with Gasteiger partial charge in [0.1, 0.15) is 5.75 Å². The third-order valence-electron chi connectivity index (χ3n) is 3.04. The molecule has 0 atom stereocenters. The van der Waals surface area contributed by atoms with Crippen molar-refractivity contribution in [2.75, 3.05) is 17.6 Å². The van der Waals surface area contributed by atoms with Crippen molar-refractivity contribution in [1.29, 1.82) is 0 Å². The molecule has 0 fully saturated rings. The number of nitrogens with one attached hydrogen (secondary N) is 1. The number of amides is 1. The predicted molar refractivity (Wildman–Crippen MR) is 79.7 cm³/mol. The van der Waals surface area contributed by atoms with Gasteiger partial charge in [0.2, 0.25) is 0 Å². The van der Waals surface area contributed by atoms with E-state index in [1.165, 1.54) is 0 Å². The van der Waals surface area contributed by atoms with Gasteiger partial charge in [0.25, 0.3) is 5.91 Å². The number of nitrogen functional groups attached to an aromatic ring is 1. The van der Waals surface area contributed by atoms with Gasteiger partial charge < -0.3 is 21.9 Å². The van der Waals surface area contributed by atoms with Gasteiger partial charge in [-0.05, 0) is 36.2 Å². The Kier molecular flexibility index (Phi) is 4.10. The molecule has 0 bridgehead atoms. The summed E-state index contributed by atoms with van der Waals surface area (Å²) in [6, 6.07) is 12.2.